The first-order valence-electron chi connectivity index (χ1n) is 12.7. The smallest absolute Gasteiger partial charge is 0.411 e. The second-order valence-electron chi connectivity index (χ2n) is 9.57. The maximum Gasteiger partial charge on any atom is 0.411 e. The van der Waals surface area contributed by atoms with Crippen LogP contribution in [0.15, 0.2) is 71.7 Å². The number of methoxy groups -OCH3 is 1. The Morgan fingerprint density at radius 2 is 1.76 bits per heavy atom. The standard InChI is InChI=1S/C29H34N4O4/c1-37-29(36)32-24-13-11-21(12-14-24)25-16-23(18-31-28(25)35)26(15-19-5-3-2-4-6-19)33-27(34)22-9-7-20(17-30)8-10-22/h2-6,11-14,16,18,20,22,26H,7-10,15,17,30H2,1H3,(H,31,35)(H,32,36)(H,33,34). The van der Waals surface area contributed by atoms with Gasteiger partial charge in [0.25, 0.3) is 5.56 Å². The highest BCUT2D eigenvalue weighted by molar-refractivity contribution is 5.85. The van der Waals surface area contributed by atoms with Crippen LogP contribution in [0.25, 0.3) is 11.1 Å². The van der Waals surface area contributed by atoms with E-state index in [2.05, 4.69) is 20.4 Å². The average molecular weight is 503 g/mol. The fraction of sp³-hybridized carbons (Fsp3) is 0.345. The van der Waals surface area contributed by atoms with Crippen LogP contribution in [0.5, 0.6) is 0 Å². The minimum absolute atomic E-state index is 0.0295. The van der Waals surface area contributed by atoms with E-state index >= 15 is 0 Å². The quantitative estimate of drug-likeness (QED) is 0.364. The molecule has 0 saturated heterocycles. The Morgan fingerprint density at radius 3 is 2.41 bits per heavy atom. The second-order valence-corrected chi connectivity index (χ2v) is 9.57. The molecule has 0 spiro atoms. The number of anilines is 1. The number of nitrogens with two attached hydrogens (primary N) is 1. The molecule has 5 N–H and O–H groups in total. The number of rotatable bonds is 8. The zero-order chi connectivity index (χ0) is 26.2. The summed E-state index contributed by atoms with van der Waals surface area (Å²) in [4.78, 5) is 40.3. The van der Waals surface area contributed by atoms with Crippen molar-refractivity contribution >= 4 is 17.7 Å². The van der Waals surface area contributed by atoms with Crippen molar-refractivity contribution in [1.29, 1.82) is 0 Å². The van der Waals surface area contributed by atoms with Crippen LogP contribution in [0, 0.1) is 11.8 Å². The fourth-order valence-corrected chi connectivity index (χ4v) is 4.87. The highest BCUT2D eigenvalue weighted by atomic mass is 16.5. The molecule has 0 bridgehead atoms. The number of aromatic amines is 1. The van der Waals surface area contributed by atoms with Crippen LogP contribution in [-0.2, 0) is 16.0 Å². The lowest BCUT2D eigenvalue weighted by Gasteiger charge is -2.29. The lowest BCUT2D eigenvalue weighted by molar-refractivity contribution is -0.127. The molecule has 0 radical (unpaired) electrons. The van der Waals surface area contributed by atoms with Gasteiger partial charge in [-0.2, -0.15) is 0 Å². The largest absolute Gasteiger partial charge is 0.453 e. The molecule has 1 aromatic heterocycles. The summed E-state index contributed by atoms with van der Waals surface area (Å²) in [5, 5.41) is 5.87. The molecule has 0 aliphatic heterocycles. The van der Waals surface area contributed by atoms with E-state index in [0.717, 1.165) is 36.8 Å². The van der Waals surface area contributed by atoms with Gasteiger partial charge in [-0.3, -0.25) is 14.9 Å². The summed E-state index contributed by atoms with van der Waals surface area (Å²) in [5.74, 6) is 0.515. The number of pyridine rings is 1. The Morgan fingerprint density at radius 1 is 1.05 bits per heavy atom. The number of nitrogens with one attached hydrogen (secondary N) is 3. The number of carbonyl (C=O) groups is 2. The maximum atomic E-state index is 13.3. The Hall–Kier alpha value is -3.91. The predicted octanol–water partition coefficient (Wildman–Crippen LogP) is 4.39. The summed E-state index contributed by atoms with van der Waals surface area (Å²) in [6.07, 6.45) is 5.34. The van der Waals surface area contributed by atoms with Crippen LogP contribution in [0.4, 0.5) is 10.5 Å². The van der Waals surface area contributed by atoms with Gasteiger partial charge in [0, 0.05) is 23.4 Å². The van der Waals surface area contributed by atoms with Gasteiger partial charge in [0.2, 0.25) is 5.91 Å². The summed E-state index contributed by atoms with van der Waals surface area (Å²) in [6, 6.07) is 18.5. The highest BCUT2D eigenvalue weighted by Crippen LogP contribution is 2.30. The molecule has 1 saturated carbocycles. The van der Waals surface area contributed by atoms with Gasteiger partial charge in [-0.25, -0.2) is 4.79 Å². The van der Waals surface area contributed by atoms with Crippen molar-refractivity contribution in [1.82, 2.24) is 10.3 Å². The van der Waals surface area contributed by atoms with Crippen LogP contribution in [0.2, 0.25) is 0 Å². The van der Waals surface area contributed by atoms with E-state index in [9.17, 15) is 14.4 Å². The van der Waals surface area contributed by atoms with Gasteiger partial charge in [0.15, 0.2) is 0 Å². The first-order valence-corrected chi connectivity index (χ1v) is 12.7. The third kappa shape index (κ3) is 6.86. The van der Waals surface area contributed by atoms with E-state index in [4.69, 9.17) is 5.73 Å². The molecule has 1 fully saturated rings. The Kier molecular flexibility index (Phi) is 8.74. The number of hydrogen-bond acceptors (Lipinski definition) is 5. The zero-order valence-electron chi connectivity index (χ0n) is 21.0. The first kappa shape index (κ1) is 26.2. The van der Waals surface area contributed by atoms with Crippen LogP contribution < -0.4 is 21.9 Å². The lowest BCUT2D eigenvalue weighted by Crippen LogP contribution is -2.37. The molecule has 1 heterocycles. The van der Waals surface area contributed by atoms with Crippen molar-refractivity contribution in [2.75, 3.05) is 19.0 Å². The van der Waals surface area contributed by atoms with E-state index in [0.29, 0.717) is 35.7 Å². The van der Waals surface area contributed by atoms with E-state index in [1.807, 2.05) is 36.4 Å². The number of H-pyrrole nitrogens is 1. The highest BCUT2D eigenvalue weighted by Gasteiger charge is 2.28. The number of carbonyl (C=O) groups excluding carboxylic acids is 2. The molecule has 1 aliphatic carbocycles. The monoisotopic (exact) mass is 502 g/mol. The van der Waals surface area contributed by atoms with E-state index in [1.165, 1.54) is 7.11 Å². The molecular weight excluding hydrogens is 468 g/mol. The second kappa shape index (κ2) is 12.4. The fourth-order valence-electron chi connectivity index (χ4n) is 4.87. The lowest BCUT2D eigenvalue weighted by atomic mass is 9.81. The van der Waals surface area contributed by atoms with Gasteiger partial charge in [-0.1, -0.05) is 42.5 Å². The predicted molar refractivity (Wildman–Crippen MR) is 144 cm³/mol. The van der Waals surface area contributed by atoms with E-state index in [-0.39, 0.29) is 23.4 Å². The molecule has 1 atom stereocenters. The van der Waals surface area contributed by atoms with Gasteiger partial charge in [0.05, 0.1) is 13.2 Å². The Balaban J connectivity index is 1.58. The van der Waals surface area contributed by atoms with Gasteiger partial charge in [-0.15, -0.1) is 0 Å². The van der Waals surface area contributed by atoms with Crippen LogP contribution >= 0.6 is 0 Å². The van der Waals surface area contributed by atoms with Crippen molar-refractivity contribution in [3.63, 3.8) is 0 Å². The van der Waals surface area contributed by atoms with Crippen LogP contribution in [0.1, 0.15) is 42.9 Å². The number of hydrogen-bond donors (Lipinski definition) is 4. The normalized spacial score (nSPS) is 18.0. The van der Waals surface area contributed by atoms with Crippen molar-refractivity contribution in [3.05, 3.63) is 88.3 Å². The number of ether oxygens (including phenoxy) is 1. The van der Waals surface area contributed by atoms with Gasteiger partial charge < -0.3 is 20.8 Å². The Bertz CT molecular complexity index is 1250. The van der Waals surface area contributed by atoms with Crippen molar-refractivity contribution in [2.45, 2.75) is 38.1 Å². The minimum Gasteiger partial charge on any atom is -0.453 e. The Labute approximate surface area is 216 Å². The van der Waals surface area contributed by atoms with Crippen molar-refractivity contribution in [3.8, 4) is 11.1 Å². The topological polar surface area (TPSA) is 126 Å². The van der Waals surface area contributed by atoms with E-state index in [1.54, 1.807) is 30.5 Å². The summed E-state index contributed by atoms with van der Waals surface area (Å²) in [7, 11) is 1.30. The molecule has 8 nitrogen and oxygen atoms in total. The molecule has 1 aliphatic rings. The summed E-state index contributed by atoms with van der Waals surface area (Å²) >= 11 is 0. The minimum atomic E-state index is -0.566. The van der Waals surface area contributed by atoms with Gasteiger partial charge >= 0.3 is 6.09 Å². The van der Waals surface area contributed by atoms with Crippen LogP contribution in [0.3, 0.4) is 0 Å². The number of amides is 2. The summed E-state index contributed by atoms with van der Waals surface area (Å²) < 4.78 is 4.62. The van der Waals surface area contributed by atoms with Gasteiger partial charge in [0.1, 0.15) is 0 Å². The number of aromatic nitrogens is 1. The molecule has 2 aromatic carbocycles. The summed E-state index contributed by atoms with van der Waals surface area (Å²) in [6.45, 7) is 0.671. The molecule has 194 valence electrons. The first-order chi connectivity index (χ1) is 18.0. The molecule has 37 heavy (non-hydrogen) atoms. The zero-order valence-corrected chi connectivity index (χ0v) is 21.0. The number of benzene rings is 2. The van der Waals surface area contributed by atoms with Crippen molar-refractivity contribution in [2.24, 2.45) is 17.6 Å². The molecule has 2 amide bonds. The van der Waals surface area contributed by atoms with E-state index < -0.39 is 6.09 Å². The SMILES string of the molecule is COC(=O)Nc1ccc(-c2cc(C(Cc3ccccc3)NC(=O)C3CCC(CN)CC3)c[nH]c2=O)cc1. The summed E-state index contributed by atoms with van der Waals surface area (Å²) in [5.41, 5.74) is 9.24. The molecule has 4 rings (SSSR count). The molecule has 8 heteroatoms. The third-order valence-corrected chi connectivity index (χ3v) is 7.11. The third-order valence-electron chi connectivity index (χ3n) is 7.11. The van der Waals surface area contributed by atoms with Gasteiger partial charge in [-0.05, 0) is 79.5 Å². The van der Waals surface area contributed by atoms with Crippen molar-refractivity contribution < 1.29 is 14.3 Å². The van der Waals surface area contributed by atoms with Crippen LogP contribution in [-0.4, -0.2) is 30.6 Å². The molecule has 1 unspecified atom stereocenters. The average Bonchev–Trinajstić information content (AvgIpc) is 2.94. The maximum absolute atomic E-state index is 13.3. The molecule has 3 aromatic rings. The molecular formula is C29H34N4O4.